The Hall–Kier alpha value is -2.27. The summed E-state index contributed by atoms with van der Waals surface area (Å²) in [5.74, 6) is 0.249. The molecule has 22 heavy (non-hydrogen) atoms. The fourth-order valence-corrected chi connectivity index (χ4v) is 3.14. The van der Waals surface area contributed by atoms with Crippen molar-refractivity contribution in [3.05, 3.63) is 66.1 Å². The highest BCUT2D eigenvalue weighted by atomic mass is 32.2. The number of hydrogen-bond acceptors (Lipinski definition) is 2. The van der Waals surface area contributed by atoms with Crippen LogP contribution in [0.4, 0.5) is 4.39 Å². The minimum Gasteiger partial charge on any atom is -0.360 e. The molecule has 1 amide bonds. The summed E-state index contributed by atoms with van der Waals surface area (Å²) in [6, 6.07) is 13.9. The maximum atomic E-state index is 13.2. The Balaban J connectivity index is 1.70. The normalized spacial score (nSPS) is 10.8. The number of H-pyrrole nitrogens is 1. The number of benzene rings is 2. The summed E-state index contributed by atoms with van der Waals surface area (Å²) in [5, 5.41) is 0.965. The molecule has 1 heterocycles. The van der Waals surface area contributed by atoms with E-state index in [0.717, 1.165) is 15.8 Å². The third kappa shape index (κ3) is 2.99. The van der Waals surface area contributed by atoms with Crippen molar-refractivity contribution in [1.29, 1.82) is 0 Å². The largest absolute Gasteiger partial charge is 0.360 e. The molecule has 2 aromatic carbocycles. The predicted octanol–water partition coefficient (Wildman–Crippen LogP) is 4.13. The third-order valence-electron chi connectivity index (χ3n) is 3.39. The molecule has 0 radical (unpaired) electrons. The first-order chi connectivity index (χ1) is 10.6. The van der Waals surface area contributed by atoms with E-state index >= 15 is 0 Å². The monoisotopic (exact) mass is 314 g/mol. The van der Waals surface area contributed by atoms with Crippen LogP contribution in [0.1, 0.15) is 10.4 Å². The number of carbonyl (C=O) groups excluding carboxylic acids is 1. The van der Waals surface area contributed by atoms with Gasteiger partial charge in [-0.25, -0.2) is 4.39 Å². The summed E-state index contributed by atoms with van der Waals surface area (Å²) in [6.45, 7) is 0. The van der Waals surface area contributed by atoms with E-state index in [2.05, 4.69) is 4.98 Å². The van der Waals surface area contributed by atoms with Crippen LogP contribution in [-0.2, 0) is 0 Å². The van der Waals surface area contributed by atoms with Gasteiger partial charge < -0.3 is 9.88 Å². The molecule has 0 saturated carbocycles. The van der Waals surface area contributed by atoms with Gasteiger partial charge in [-0.3, -0.25) is 4.79 Å². The number of nitrogens with zero attached hydrogens (tertiary/aromatic N) is 1. The molecule has 3 nitrogen and oxygen atoms in total. The maximum absolute atomic E-state index is 13.2. The molecule has 0 spiro atoms. The van der Waals surface area contributed by atoms with Gasteiger partial charge in [-0.15, -0.1) is 11.8 Å². The van der Waals surface area contributed by atoms with Gasteiger partial charge in [-0.2, -0.15) is 0 Å². The lowest BCUT2D eigenvalue weighted by atomic mass is 10.2. The van der Waals surface area contributed by atoms with Crippen molar-refractivity contribution in [2.75, 3.05) is 12.9 Å². The Bertz CT molecular complexity index is 801. The van der Waals surface area contributed by atoms with Gasteiger partial charge in [0.15, 0.2) is 0 Å². The number of nitrogens with one attached hydrogen (secondary N) is 1. The minimum atomic E-state index is -0.262. The van der Waals surface area contributed by atoms with Crippen molar-refractivity contribution in [3.63, 3.8) is 0 Å². The molecule has 0 aliphatic heterocycles. The predicted molar refractivity (Wildman–Crippen MR) is 87.5 cm³/mol. The Labute approximate surface area is 132 Å². The lowest BCUT2D eigenvalue weighted by Gasteiger charge is -2.16. The van der Waals surface area contributed by atoms with Crippen LogP contribution >= 0.6 is 11.8 Å². The lowest BCUT2D eigenvalue weighted by molar-refractivity contribution is 0.0820. The van der Waals surface area contributed by atoms with E-state index in [1.165, 1.54) is 12.1 Å². The summed E-state index contributed by atoms with van der Waals surface area (Å²) in [6.07, 6.45) is 1.84. The molecule has 0 aliphatic carbocycles. The van der Waals surface area contributed by atoms with E-state index in [1.807, 2.05) is 24.4 Å². The standard InChI is InChI=1S/C17H15FN2OS/c1-20(17(21)12-5-3-2-4-6-12)11-22-16-10-19-15-9-13(18)7-8-14(15)16/h2-10,19H,11H2,1H3. The third-order valence-corrected chi connectivity index (χ3v) is 4.55. The van der Waals surface area contributed by atoms with Crippen LogP contribution in [0, 0.1) is 5.82 Å². The summed E-state index contributed by atoms with van der Waals surface area (Å²) < 4.78 is 13.2. The molecule has 0 fully saturated rings. The zero-order valence-corrected chi connectivity index (χ0v) is 12.9. The first-order valence-corrected chi connectivity index (χ1v) is 7.83. The van der Waals surface area contributed by atoms with Crippen LogP contribution in [0.2, 0.25) is 0 Å². The molecule has 3 aromatic rings. The fourth-order valence-electron chi connectivity index (χ4n) is 2.22. The van der Waals surface area contributed by atoms with E-state index in [0.29, 0.717) is 11.4 Å². The molecule has 0 saturated heterocycles. The van der Waals surface area contributed by atoms with Crippen molar-refractivity contribution in [2.45, 2.75) is 4.90 Å². The van der Waals surface area contributed by atoms with Gasteiger partial charge in [0, 0.05) is 34.6 Å². The molecule has 112 valence electrons. The van der Waals surface area contributed by atoms with Gasteiger partial charge in [-0.1, -0.05) is 18.2 Å². The molecule has 1 aromatic heterocycles. The fraction of sp³-hybridized carbons (Fsp3) is 0.118. The molecule has 0 atom stereocenters. The first-order valence-electron chi connectivity index (χ1n) is 6.85. The Kier molecular flexibility index (Phi) is 4.15. The zero-order valence-electron chi connectivity index (χ0n) is 12.0. The molecule has 0 bridgehead atoms. The minimum absolute atomic E-state index is 0.0148. The highest BCUT2D eigenvalue weighted by Gasteiger charge is 2.12. The van der Waals surface area contributed by atoms with Crippen molar-refractivity contribution in [1.82, 2.24) is 9.88 Å². The average Bonchev–Trinajstić information content (AvgIpc) is 2.94. The molecule has 1 N–H and O–H groups in total. The molecule has 5 heteroatoms. The number of aromatic nitrogens is 1. The molecule has 3 rings (SSSR count). The van der Waals surface area contributed by atoms with E-state index in [9.17, 15) is 9.18 Å². The molecular formula is C17H15FN2OS. The van der Waals surface area contributed by atoms with Gasteiger partial charge in [0.05, 0.1) is 5.88 Å². The summed E-state index contributed by atoms with van der Waals surface area (Å²) in [5.41, 5.74) is 1.44. The van der Waals surface area contributed by atoms with Crippen LogP contribution in [0.15, 0.2) is 59.6 Å². The van der Waals surface area contributed by atoms with Crippen LogP contribution in [-0.4, -0.2) is 28.7 Å². The zero-order chi connectivity index (χ0) is 15.5. The van der Waals surface area contributed by atoms with E-state index in [4.69, 9.17) is 0 Å². The number of carbonyl (C=O) groups is 1. The number of fused-ring (bicyclic) bond motifs is 1. The summed E-state index contributed by atoms with van der Waals surface area (Å²) in [4.78, 5) is 18.0. The first kappa shape index (κ1) is 14.7. The smallest absolute Gasteiger partial charge is 0.254 e. The van der Waals surface area contributed by atoms with E-state index < -0.39 is 0 Å². The highest BCUT2D eigenvalue weighted by Crippen LogP contribution is 2.28. The number of aromatic amines is 1. The number of thioether (sulfide) groups is 1. The average molecular weight is 314 g/mol. The second kappa shape index (κ2) is 6.23. The van der Waals surface area contributed by atoms with E-state index in [-0.39, 0.29) is 11.7 Å². The number of amides is 1. The van der Waals surface area contributed by atoms with Crippen molar-refractivity contribution >= 4 is 28.6 Å². The van der Waals surface area contributed by atoms with Gasteiger partial charge in [-0.05, 0) is 30.3 Å². The van der Waals surface area contributed by atoms with Gasteiger partial charge in [0.1, 0.15) is 5.82 Å². The van der Waals surface area contributed by atoms with E-state index in [1.54, 1.807) is 41.9 Å². The number of hydrogen-bond donors (Lipinski definition) is 1. The van der Waals surface area contributed by atoms with Crippen molar-refractivity contribution < 1.29 is 9.18 Å². The SMILES string of the molecule is CN(CSc1c[nH]c2cc(F)ccc12)C(=O)c1ccccc1. The Morgan fingerprint density at radius 3 is 2.77 bits per heavy atom. The van der Waals surface area contributed by atoms with Crippen LogP contribution < -0.4 is 0 Å². The maximum Gasteiger partial charge on any atom is 0.254 e. The summed E-state index contributed by atoms with van der Waals surface area (Å²) >= 11 is 1.54. The Morgan fingerprint density at radius 2 is 2.00 bits per heavy atom. The number of halogens is 1. The van der Waals surface area contributed by atoms with Crippen molar-refractivity contribution in [2.24, 2.45) is 0 Å². The highest BCUT2D eigenvalue weighted by molar-refractivity contribution is 7.99. The Morgan fingerprint density at radius 1 is 1.23 bits per heavy atom. The molecule has 0 aliphatic rings. The second-order valence-electron chi connectivity index (χ2n) is 4.99. The van der Waals surface area contributed by atoms with Crippen LogP contribution in [0.3, 0.4) is 0 Å². The van der Waals surface area contributed by atoms with Crippen LogP contribution in [0.25, 0.3) is 10.9 Å². The summed E-state index contributed by atoms with van der Waals surface area (Å²) in [7, 11) is 1.77. The van der Waals surface area contributed by atoms with Crippen molar-refractivity contribution in [3.8, 4) is 0 Å². The number of rotatable bonds is 4. The topological polar surface area (TPSA) is 36.1 Å². The molecular weight excluding hydrogens is 299 g/mol. The van der Waals surface area contributed by atoms with Gasteiger partial charge in [0.25, 0.3) is 5.91 Å². The quantitative estimate of drug-likeness (QED) is 0.580. The van der Waals surface area contributed by atoms with Gasteiger partial charge >= 0.3 is 0 Å². The van der Waals surface area contributed by atoms with Crippen LogP contribution in [0.5, 0.6) is 0 Å². The van der Waals surface area contributed by atoms with Gasteiger partial charge in [0.2, 0.25) is 0 Å². The second-order valence-corrected chi connectivity index (χ2v) is 5.97. The lowest BCUT2D eigenvalue weighted by Crippen LogP contribution is -2.26. The molecule has 0 unspecified atom stereocenters.